The molecule has 2 aromatic heterocycles. The summed E-state index contributed by atoms with van der Waals surface area (Å²) in [5, 5.41) is 0. The molecule has 0 radical (unpaired) electrons. The van der Waals surface area contributed by atoms with E-state index in [-0.39, 0.29) is 11.6 Å². The summed E-state index contributed by atoms with van der Waals surface area (Å²) in [6.45, 7) is 0.501. The molecule has 0 aliphatic heterocycles. The van der Waals surface area contributed by atoms with Crippen molar-refractivity contribution in [1.82, 2.24) is 9.97 Å². The lowest BCUT2D eigenvalue weighted by Gasteiger charge is -2.20. The molecule has 0 saturated carbocycles. The Labute approximate surface area is 191 Å². The number of benzene rings is 2. The van der Waals surface area contributed by atoms with Crippen molar-refractivity contribution in [2.45, 2.75) is 12.8 Å². The second kappa shape index (κ2) is 10.1. The number of rotatable bonds is 9. The van der Waals surface area contributed by atoms with Gasteiger partial charge in [-0.2, -0.15) is 0 Å². The maximum atomic E-state index is 14.0. The smallest absolute Gasteiger partial charge is 0.181 e. The van der Waals surface area contributed by atoms with Gasteiger partial charge in [-0.3, -0.25) is 4.79 Å². The zero-order valence-electron chi connectivity index (χ0n) is 18.5. The molecule has 0 atom stereocenters. The predicted octanol–water partition coefficient (Wildman–Crippen LogP) is 4.97. The Hall–Kier alpha value is -4.00. The van der Waals surface area contributed by atoms with Gasteiger partial charge in [0.1, 0.15) is 24.0 Å². The predicted molar refractivity (Wildman–Crippen MR) is 124 cm³/mol. The summed E-state index contributed by atoms with van der Waals surface area (Å²) in [7, 11) is 3.40. The highest BCUT2D eigenvalue weighted by molar-refractivity contribution is 5.78. The van der Waals surface area contributed by atoms with E-state index in [4.69, 9.17) is 9.15 Å². The summed E-state index contributed by atoms with van der Waals surface area (Å²) in [4.78, 5) is 21.8. The number of likely N-dealkylation sites (N-methyl/N-ethyl adjacent to an activating group) is 1. The van der Waals surface area contributed by atoms with E-state index >= 15 is 0 Å². The largest absolute Gasteiger partial charge is 0.496 e. The van der Waals surface area contributed by atoms with Crippen LogP contribution in [0.5, 0.6) is 5.75 Å². The molecule has 0 aliphatic carbocycles. The molecule has 0 amide bonds. The van der Waals surface area contributed by atoms with Crippen LogP contribution in [0.4, 0.5) is 10.2 Å². The molecule has 168 valence electrons. The summed E-state index contributed by atoms with van der Waals surface area (Å²) < 4.78 is 24.7. The van der Waals surface area contributed by atoms with Gasteiger partial charge < -0.3 is 14.1 Å². The lowest BCUT2D eigenvalue weighted by molar-refractivity contribution is 0.112. The Morgan fingerprint density at radius 3 is 2.61 bits per heavy atom. The Balaban J connectivity index is 1.52. The monoisotopic (exact) mass is 445 g/mol. The molecular weight excluding hydrogens is 421 g/mol. The van der Waals surface area contributed by atoms with Gasteiger partial charge >= 0.3 is 0 Å². The first kappa shape index (κ1) is 22.2. The second-order valence-corrected chi connectivity index (χ2v) is 7.71. The first-order valence-electron chi connectivity index (χ1n) is 10.5. The van der Waals surface area contributed by atoms with E-state index in [2.05, 4.69) is 9.97 Å². The number of halogens is 1. The number of pyridine rings is 1. The number of nitrogens with zero attached hydrogens (tertiary/aromatic N) is 3. The molecule has 0 fully saturated rings. The molecule has 0 saturated heterocycles. The van der Waals surface area contributed by atoms with Crippen LogP contribution in [0.3, 0.4) is 0 Å². The van der Waals surface area contributed by atoms with Gasteiger partial charge in [-0.25, -0.2) is 14.4 Å². The highest BCUT2D eigenvalue weighted by atomic mass is 19.1. The molecule has 4 aromatic rings. The van der Waals surface area contributed by atoms with Crippen LogP contribution in [0.15, 0.2) is 71.8 Å². The molecule has 0 unspecified atom stereocenters. The number of anilines is 1. The number of carbonyl (C=O) groups is 1. The number of ether oxygens (including phenoxy) is 1. The normalized spacial score (nSPS) is 10.8. The number of aromatic nitrogens is 2. The Morgan fingerprint density at radius 2 is 1.94 bits per heavy atom. The first-order valence-corrected chi connectivity index (χ1v) is 10.5. The lowest BCUT2D eigenvalue weighted by Crippen LogP contribution is -2.23. The van der Waals surface area contributed by atoms with E-state index < -0.39 is 0 Å². The van der Waals surface area contributed by atoms with Crippen LogP contribution in [0.25, 0.3) is 11.3 Å². The summed E-state index contributed by atoms with van der Waals surface area (Å²) >= 11 is 0. The van der Waals surface area contributed by atoms with Gasteiger partial charge in [0, 0.05) is 37.3 Å². The molecule has 0 bridgehead atoms. The Kier molecular flexibility index (Phi) is 6.78. The molecule has 6 nitrogen and oxygen atoms in total. The van der Waals surface area contributed by atoms with E-state index in [1.165, 1.54) is 12.5 Å². The molecule has 2 heterocycles. The zero-order valence-corrected chi connectivity index (χ0v) is 18.5. The number of carbonyl (C=O) groups excluding carboxylic acids is 1. The number of aldehydes is 1. The fourth-order valence-corrected chi connectivity index (χ4v) is 3.76. The third-order valence-electron chi connectivity index (χ3n) is 5.56. The van der Waals surface area contributed by atoms with Crippen molar-refractivity contribution in [3.8, 4) is 17.0 Å². The summed E-state index contributed by atoms with van der Waals surface area (Å²) in [5.74, 6) is 0.615. The summed E-state index contributed by atoms with van der Waals surface area (Å²) in [5.41, 5.74) is 5.19. The third kappa shape index (κ3) is 5.09. The fraction of sp³-hybridized carbons (Fsp3) is 0.192. The van der Waals surface area contributed by atoms with Gasteiger partial charge in [0.2, 0.25) is 0 Å². The number of methoxy groups -OCH3 is 1. The van der Waals surface area contributed by atoms with Gasteiger partial charge in [0.05, 0.1) is 7.11 Å². The van der Waals surface area contributed by atoms with Crippen molar-refractivity contribution in [3.63, 3.8) is 0 Å². The minimum atomic E-state index is -0.377. The Morgan fingerprint density at radius 1 is 1.12 bits per heavy atom. The van der Waals surface area contributed by atoms with Crippen molar-refractivity contribution in [2.24, 2.45) is 0 Å². The minimum Gasteiger partial charge on any atom is -0.496 e. The van der Waals surface area contributed by atoms with Crippen LogP contribution < -0.4 is 9.64 Å². The average molecular weight is 445 g/mol. The van der Waals surface area contributed by atoms with E-state index in [1.807, 2.05) is 36.4 Å². The van der Waals surface area contributed by atoms with Crippen LogP contribution in [0.1, 0.15) is 27.0 Å². The van der Waals surface area contributed by atoms with Crippen molar-refractivity contribution < 1.29 is 18.3 Å². The summed E-state index contributed by atoms with van der Waals surface area (Å²) in [6, 6.07) is 14.7. The SMILES string of the molecule is COc1cc(CCN(C)c2ncccc2F)c(C=O)cc1Cc1ccc(-c2cocn2)cc1. The van der Waals surface area contributed by atoms with Crippen LogP contribution in [-0.2, 0) is 12.8 Å². The quantitative estimate of drug-likeness (QED) is 0.339. The highest BCUT2D eigenvalue weighted by Crippen LogP contribution is 2.27. The highest BCUT2D eigenvalue weighted by Gasteiger charge is 2.14. The Bertz CT molecular complexity index is 1220. The van der Waals surface area contributed by atoms with E-state index in [1.54, 1.807) is 37.6 Å². The lowest BCUT2D eigenvalue weighted by atomic mass is 9.96. The van der Waals surface area contributed by atoms with Gasteiger partial charge in [-0.15, -0.1) is 0 Å². The van der Waals surface area contributed by atoms with Crippen LogP contribution >= 0.6 is 0 Å². The number of oxazole rings is 1. The molecule has 4 rings (SSSR count). The number of hydrogen-bond acceptors (Lipinski definition) is 6. The van der Waals surface area contributed by atoms with Gasteiger partial charge in [0.15, 0.2) is 18.0 Å². The van der Waals surface area contributed by atoms with Crippen LogP contribution in [-0.4, -0.2) is 37.0 Å². The van der Waals surface area contributed by atoms with Crippen molar-refractivity contribution >= 4 is 12.1 Å². The molecule has 0 spiro atoms. The third-order valence-corrected chi connectivity index (χ3v) is 5.56. The van der Waals surface area contributed by atoms with Crippen molar-refractivity contribution in [2.75, 3.05) is 25.6 Å². The van der Waals surface area contributed by atoms with Crippen molar-refractivity contribution in [1.29, 1.82) is 0 Å². The van der Waals surface area contributed by atoms with Gasteiger partial charge in [0.25, 0.3) is 0 Å². The maximum absolute atomic E-state index is 14.0. The van der Waals surface area contributed by atoms with Crippen LogP contribution in [0.2, 0.25) is 0 Å². The maximum Gasteiger partial charge on any atom is 0.181 e. The molecule has 7 heteroatoms. The van der Waals surface area contributed by atoms with E-state index in [0.717, 1.165) is 34.2 Å². The first-order chi connectivity index (χ1) is 16.1. The zero-order chi connectivity index (χ0) is 23.2. The number of hydrogen-bond donors (Lipinski definition) is 0. The molecular formula is C26H24FN3O3. The molecule has 33 heavy (non-hydrogen) atoms. The van der Waals surface area contributed by atoms with Crippen molar-refractivity contribution in [3.05, 3.63) is 95.5 Å². The second-order valence-electron chi connectivity index (χ2n) is 7.71. The van der Waals surface area contributed by atoms with E-state index in [0.29, 0.717) is 30.7 Å². The van der Waals surface area contributed by atoms with Gasteiger partial charge in [-0.1, -0.05) is 24.3 Å². The molecule has 0 aliphatic rings. The molecule has 0 N–H and O–H groups in total. The van der Waals surface area contributed by atoms with E-state index in [9.17, 15) is 9.18 Å². The standard InChI is InChI=1S/C26H24FN3O3/c1-30(26-23(27)4-3-10-28-26)11-9-20-14-25(32-2)21(13-22(20)15-31)12-18-5-7-19(8-6-18)24-16-33-17-29-24/h3-8,10,13-17H,9,11-12H2,1-2H3. The minimum absolute atomic E-state index is 0.280. The van der Waals surface area contributed by atoms with Gasteiger partial charge in [-0.05, 0) is 47.4 Å². The van der Waals surface area contributed by atoms with Crippen LogP contribution in [0, 0.1) is 5.82 Å². The topological polar surface area (TPSA) is 68.5 Å². The molecule has 2 aromatic carbocycles. The fourth-order valence-electron chi connectivity index (χ4n) is 3.76. The average Bonchev–Trinajstić information content (AvgIpc) is 3.38. The summed E-state index contributed by atoms with van der Waals surface area (Å²) in [6.07, 6.45) is 6.58.